The molecule has 1 aliphatic heterocycles. The molecule has 0 aromatic carbocycles. The second-order valence-electron chi connectivity index (χ2n) is 5.13. The van der Waals surface area contributed by atoms with Crippen LogP contribution in [0, 0.1) is 0 Å². The van der Waals surface area contributed by atoms with Gasteiger partial charge in [-0.25, -0.2) is 4.98 Å². The fraction of sp³-hybridized carbons (Fsp3) is 0.692. The van der Waals surface area contributed by atoms with Gasteiger partial charge in [0.1, 0.15) is 12.0 Å². The molecule has 1 atom stereocenters. The molecule has 1 fully saturated rings. The number of likely N-dealkylation sites (tertiary alicyclic amines) is 1. The van der Waals surface area contributed by atoms with Gasteiger partial charge in [0.05, 0.1) is 12.1 Å². The fourth-order valence-corrected chi connectivity index (χ4v) is 2.30. The van der Waals surface area contributed by atoms with Crippen LogP contribution in [0.3, 0.4) is 0 Å². The molecule has 0 amide bonds. The summed E-state index contributed by atoms with van der Waals surface area (Å²) >= 11 is 0. The van der Waals surface area contributed by atoms with Crippen molar-refractivity contribution in [1.82, 2.24) is 9.88 Å². The number of hydrogen-bond acceptors (Lipinski definition) is 4. The summed E-state index contributed by atoms with van der Waals surface area (Å²) in [5.74, 6) is 1.31. The lowest BCUT2D eigenvalue weighted by Crippen LogP contribution is -2.27. The van der Waals surface area contributed by atoms with Crippen molar-refractivity contribution in [3.63, 3.8) is 0 Å². The van der Waals surface area contributed by atoms with Crippen LogP contribution in [0.2, 0.25) is 0 Å². The lowest BCUT2D eigenvalue weighted by atomic mass is 10.1. The van der Waals surface area contributed by atoms with Gasteiger partial charge < -0.3 is 9.32 Å². The standard InChI is InChI=1S/C13H20N2O2/c1-9(2)15-5-4-11(7-15)13-14-12(8-17-13)6-10(3)16/h8-9,11H,4-7H2,1-3H3. The first-order valence-corrected chi connectivity index (χ1v) is 6.24. The average molecular weight is 236 g/mol. The number of carbonyl (C=O) groups excluding carboxylic acids is 1. The van der Waals surface area contributed by atoms with Crippen LogP contribution in [-0.4, -0.2) is 34.8 Å². The van der Waals surface area contributed by atoms with Crippen molar-refractivity contribution in [3.8, 4) is 0 Å². The summed E-state index contributed by atoms with van der Waals surface area (Å²) in [5.41, 5.74) is 0.760. The molecule has 1 aliphatic rings. The Morgan fingerprint density at radius 3 is 3.00 bits per heavy atom. The molecule has 0 saturated carbocycles. The first kappa shape index (κ1) is 12.3. The Morgan fingerprint density at radius 1 is 1.65 bits per heavy atom. The van der Waals surface area contributed by atoms with Crippen LogP contribution < -0.4 is 0 Å². The van der Waals surface area contributed by atoms with E-state index in [0.29, 0.717) is 18.4 Å². The zero-order chi connectivity index (χ0) is 12.4. The van der Waals surface area contributed by atoms with Gasteiger partial charge in [-0.3, -0.25) is 4.79 Å². The summed E-state index contributed by atoms with van der Waals surface area (Å²) < 4.78 is 5.49. The molecule has 1 saturated heterocycles. The third-order valence-corrected chi connectivity index (χ3v) is 3.30. The highest BCUT2D eigenvalue weighted by Crippen LogP contribution is 2.27. The number of nitrogens with zero attached hydrogens (tertiary/aromatic N) is 2. The molecule has 1 aromatic heterocycles. The van der Waals surface area contributed by atoms with Crippen LogP contribution in [0.4, 0.5) is 0 Å². The van der Waals surface area contributed by atoms with Crippen molar-refractivity contribution < 1.29 is 9.21 Å². The topological polar surface area (TPSA) is 46.3 Å². The lowest BCUT2D eigenvalue weighted by molar-refractivity contribution is -0.116. The SMILES string of the molecule is CC(=O)Cc1coc(C2CCN(C(C)C)C2)n1. The highest BCUT2D eigenvalue weighted by Gasteiger charge is 2.28. The van der Waals surface area contributed by atoms with Gasteiger partial charge in [0.25, 0.3) is 0 Å². The average Bonchev–Trinajstić information content (AvgIpc) is 2.83. The maximum atomic E-state index is 11.0. The molecule has 1 aromatic rings. The van der Waals surface area contributed by atoms with Crippen LogP contribution in [0.5, 0.6) is 0 Å². The maximum absolute atomic E-state index is 11.0. The minimum atomic E-state index is 0.125. The Balaban J connectivity index is 1.99. The second kappa shape index (κ2) is 5.00. The lowest BCUT2D eigenvalue weighted by Gasteiger charge is -2.19. The monoisotopic (exact) mass is 236 g/mol. The Bertz CT molecular complexity index is 398. The maximum Gasteiger partial charge on any atom is 0.198 e. The van der Waals surface area contributed by atoms with Gasteiger partial charge >= 0.3 is 0 Å². The second-order valence-corrected chi connectivity index (χ2v) is 5.13. The molecular weight excluding hydrogens is 216 g/mol. The molecule has 0 bridgehead atoms. The summed E-state index contributed by atoms with van der Waals surface area (Å²) in [6.45, 7) is 8.10. The molecule has 4 heteroatoms. The van der Waals surface area contributed by atoms with E-state index in [-0.39, 0.29) is 5.78 Å². The van der Waals surface area contributed by atoms with Crippen molar-refractivity contribution in [1.29, 1.82) is 0 Å². The fourth-order valence-electron chi connectivity index (χ4n) is 2.30. The van der Waals surface area contributed by atoms with E-state index in [1.807, 2.05) is 0 Å². The predicted molar refractivity (Wildman–Crippen MR) is 65.0 cm³/mol. The molecule has 17 heavy (non-hydrogen) atoms. The van der Waals surface area contributed by atoms with Crippen molar-refractivity contribution in [3.05, 3.63) is 17.8 Å². The molecule has 4 nitrogen and oxygen atoms in total. The third kappa shape index (κ3) is 2.94. The van der Waals surface area contributed by atoms with Crippen molar-refractivity contribution in [2.45, 2.75) is 45.6 Å². The predicted octanol–water partition coefficient (Wildman–Crippen LogP) is 2.00. The van der Waals surface area contributed by atoms with E-state index in [2.05, 4.69) is 23.7 Å². The number of rotatable bonds is 4. The Labute approximate surface area is 102 Å². The number of oxazole rings is 1. The minimum Gasteiger partial charge on any atom is -0.448 e. The molecule has 0 N–H and O–H groups in total. The van der Waals surface area contributed by atoms with Gasteiger partial charge in [0.15, 0.2) is 5.89 Å². The molecule has 2 rings (SSSR count). The van der Waals surface area contributed by atoms with Gasteiger partial charge in [0.2, 0.25) is 0 Å². The zero-order valence-corrected chi connectivity index (χ0v) is 10.8. The minimum absolute atomic E-state index is 0.125. The summed E-state index contributed by atoms with van der Waals surface area (Å²) in [6.07, 6.45) is 3.09. The van der Waals surface area contributed by atoms with Crippen LogP contribution in [0.15, 0.2) is 10.7 Å². The van der Waals surface area contributed by atoms with E-state index in [1.165, 1.54) is 0 Å². The van der Waals surface area contributed by atoms with Crippen LogP contribution in [0.1, 0.15) is 44.7 Å². The van der Waals surface area contributed by atoms with E-state index in [1.54, 1.807) is 13.2 Å². The summed E-state index contributed by atoms with van der Waals surface area (Å²) in [4.78, 5) is 17.8. The smallest absolute Gasteiger partial charge is 0.198 e. The first-order valence-electron chi connectivity index (χ1n) is 6.24. The third-order valence-electron chi connectivity index (χ3n) is 3.30. The Kier molecular flexibility index (Phi) is 3.62. The number of hydrogen-bond donors (Lipinski definition) is 0. The number of carbonyl (C=O) groups is 1. The Morgan fingerprint density at radius 2 is 2.41 bits per heavy atom. The number of ketones is 1. The van der Waals surface area contributed by atoms with Crippen molar-refractivity contribution >= 4 is 5.78 Å². The molecule has 94 valence electrons. The normalized spacial score (nSPS) is 21.3. The van der Waals surface area contributed by atoms with E-state index >= 15 is 0 Å². The van der Waals surface area contributed by atoms with E-state index < -0.39 is 0 Å². The van der Waals surface area contributed by atoms with Crippen LogP contribution in [-0.2, 0) is 11.2 Å². The largest absolute Gasteiger partial charge is 0.448 e. The van der Waals surface area contributed by atoms with E-state index in [0.717, 1.165) is 31.1 Å². The van der Waals surface area contributed by atoms with Gasteiger partial charge in [-0.1, -0.05) is 0 Å². The summed E-state index contributed by atoms with van der Waals surface area (Å²) in [6, 6.07) is 0.576. The van der Waals surface area contributed by atoms with Crippen molar-refractivity contribution in [2.24, 2.45) is 0 Å². The Hall–Kier alpha value is -1.16. The molecular formula is C13H20N2O2. The molecule has 2 heterocycles. The highest BCUT2D eigenvalue weighted by molar-refractivity contribution is 5.77. The van der Waals surface area contributed by atoms with Crippen LogP contribution >= 0.6 is 0 Å². The summed E-state index contributed by atoms with van der Waals surface area (Å²) in [7, 11) is 0. The van der Waals surface area contributed by atoms with Crippen molar-refractivity contribution in [2.75, 3.05) is 13.1 Å². The van der Waals surface area contributed by atoms with Crippen LogP contribution in [0.25, 0.3) is 0 Å². The van der Waals surface area contributed by atoms with Gasteiger partial charge in [-0.15, -0.1) is 0 Å². The zero-order valence-electron chi connectivity index (χ0n) is 10.8. The summed E-state index contributed by atoms with van der Waals surface area (Å²) in [5, 5.41) is 0. The number of aromatic nitrogens is 1. The highest BCUT2D eigenvalue weighted by atomic mass is 16.3. The van der Waals surface area contributed by atoms with Gasteiger partial charge in [-0.05, 0) is 33.7 Å². The van der Waals surface area contributed by atoms with Gasteiger partial charge in [0, 0.05) is 18.5 Å². The quantitative estimate of drug-likeness (QED) is 0.802. The molecule has 1 unspecified atom stereocenters. The van der Waals surface area contributed by atoms with E-state index in [9.17, 15) is 4.79 Å². The first-order chi connectivity index (χ1) is 8.06. The number of Topliss-reactive ketones (excluding diaryl/α,β-unsaturated/α-hetero) is 1. The molecule has 0 aliphatic carbocycles. The van der Waals surface area contributed by atoms with E-state index in [4.69, 9.17) is 4.42 Å². The molecule has 0 spiro atoms. The van der Waals surface area contributed by atoms with Gasteiger partial charge in [-0.2, -0.15) is 0 Å². The molecule has 0 radical (unpaired) electrons.